The normalized spacial score (nSPS) is 15.7. The zero-order chi connectivity index (χ0) is 24.7. The minimum atomic E-state index is -3.84. The van der Waals surface area contributed by atoms with Crippen LogP contribution in [0.15, 0.2) is 71.6 Å². The van der Waals surface area contributed by atoms with E-state index in [2.05, 4.69) is 26.1 Å². The molecule has 6 nitrogen and oxygen atoms in total. The lowest BCUT2D eigenvalue weighted by molar-refractivity contribution is 0.102. The fourth-order valence-corrected chi connectivity index (χ4v) is 6.02. The minimum Gasteiger partial charge on any atom is -0.495 e. The van der Waals surface area contributed by atoms with Gasteiger partial charge in [-0.1, -0.05) is 51.1 Å². The van der Waals surface area contributed by atoms with Gasteiger partial charge < -0.3 is 10.1 Å². The number of fused-ring (bicyclic) bond motifs is 1. The van der Waals surface area contributed by atoms with Crippen LogP contribution in [0.5, 0.6) is 5.75 Å². The predicted molar refractivity (Wildman–Crippen MR) is 135 cm³/mol. The van der Waals surface area contributed by atoms with Crippen molar-refractivity contribution < 1.29 is 17.9 Å². The molecule has 1 aliphatic rings. The number of rotatable bonds is 5. The maximum absolute atomic E-state index is 13.6. The van der Waals surface area contributed by atoms with Gasteiger partial charge in [0.2, 0.25) is 0 Å². The number of ether oxygens (including phenoxy) is 1. The van der Waals surface area contributed by atoms with E-state index >= 15 is 0 Å². The van der Waals surface area contributed by atoms with E-state index < -0.39 is 15.9 Å². The SMILES string of the molecule is COc1ccc(C(C)(C)C)cc1NC(=O)c1cccc(S(=O)(=O)N2c3ccccc3C[C@@H]2C)c1. The molecule has 1 atom stereocenters. The van der Waals surface area contributed by atoms with E-state index in [-0.39, 0.29) is 21.9 Å². The smallest absolute Gasteiger partial charge is 0.264 e. The lowest BCUT2D eigenvalue weighted by Crippen LogP contribution is -2.35. The highest BCUT2D eigenvalue weighted by molar-refractivity contribution is 7.92. The largest absolute Gasteiger partial charge is 0.495 e. The predicted octanol–water partition coefficient (Wildman–Crippen LogP) is 5.38. The monoisotopic (exact) mass is 478 g/mol. The summed E-state index contributed by atoms with van der Waals surface area (Å²) in [5.74, 6) is 0.129. The Morgan fingerprint density at radius 2 is 1.76 bits per heavy atom. The Bertz CT molecular complexity index is 1340. The average molecular weight is 479 g/mol. The van der Waals surface area contributed by atoms with E-state index in [1.54, 1.807) is 19.2 Å². The number of carbonyl (C=O) groups is 1. The van der Waals surface area contributed by atoms with Crippen molar-refractivity contribution in [1.29, 1.82) is 0 Å². The lowest BCUT2D eigenvalue weighted by atomic mass is 9.87. The molecule has 0 fully saturated rings. The van der Waals surface area contributed by atoms with Gasteiger partial charge in [-0.3, -0.25) is 9.10 Å². The molecule has 0 unspecified atom stereocenters. The first kappa shape index (κ1) is 23.8. The Kier molecular flexibility index (Phi) is 6.16. The topological polar surface area (TPSA) is 75.7 Å². The molecule has 1 aliphatic heterocycles. The Morgan fingerprint density at radius 1 is 1.03 bits per heavy atom. The summed E-state index contributed by atoms with van der Waals surface area (Å²) in [6.45, 7) is 8.16. The molecule has 0 aliphatic carbocycles. The van der Waals surface area contributed by atoms with E-state index in [0.717, 1.165) is 11.1 Å². The lowest BCUT2D eigenvalue weighted by Gasteiger charge is -2.24. The van der Waals surface area contributed by atoms with Crippen LogP contribution in [0.2, 0.25) is 0 Å². The van der Waals surface area contributed by atoms with Gasteiger partial charge in [-0.15, -0.1) is 0 Å². The second-order valence-electron chi connectivity index (χ2n) is 9.63. The number of hydrogen-bond donors (Lipinski definition) is 1. The molecule has 1 amide bonds. The number of anilines is 2. The van der Waals surface area contributed by atoms with Crippen LogP contribution in [0.3, 0.4) is 0 Å². The van der Waals surface area contributed by atoms with Crippen LogP contribution in [0.25, 0.3) is 0 Å². The van der Waals surface area contributed by atoms with Crippen molar-refractivity contribution in [3.05, 3.63) is 83.4 Å². The number of benzene rings is 3. The highest BCUT2D eigenvalue weighted by Gasteiger charge is 2.36. The summed E-state index contributed by atoms with van der Waals surface area (Å²) in [4.78, 5) is 13.2. The first-order chi connectivity index (χ1) is 16.0. The van der Waals surface area contributed by atoms with Gasteiger partial charge in [-0.2, -0.15) is 0 Å². The molecule has 0 bridgehead atoms. The van der Waals surface area contributed by atoms with E-state index in [0.29, 0.717) is 23.5 Å². The molecule has 0 spiro atoms. The summed E-state index contributed by atoms with van der Waals surface area (Å²) in [7, 11) is -2.29. The third kappa shape index (κ3) is 4.40. The molecule has 7 heteroatoms. The van der Waals surface area contributed by atoms with Crippen molar-refractivity contribution in [3.8, 4) is 5.75 Å². The van der Waals surface area contributed by atoms with Gasteiger partial charge in [0, 0.05) is 11.6 Å². The molecule has 178 valence electrons. The molecule has 1 N–H and O–H groups in total. The molecule has 34 heavy (non-hydrogen) atoms. The summed E-state index contributed by atoms with van der Waals surface area (Å²) < 4.78 is 34.0. The molecule has 3 aromatic rings. The van der Waals surface area contributed by atoms with Crippen molar-refractivity contribution >= 4 is 27.3 Å². The van der Waals surface area contributed by atoms with Crippen LogP contribution in [0.1, 0.15) is 49.2 Å². The number of carbonyl (C=O) groups excluding carboxylic acids is 1. The zero-order valence-electron chi connectivity index (χ0n) is 20.1. The van der Waals surface area contributed by atoms with E-state index in [1.807, 2.05) is 49.4 Å². The third-order valence-electron chi connectivity index (χ3n) is 6.11. The van der Waals surface area contributed by atoms with Gasteiger partial charge in [-0.25, -0.2) is 8.42 Å². The van der Waals surface area contributed by atoms with E-state index in [1.165, 1.54) is 16.4 Å². The summed E-state index contributed by atoms with van der Waals surface area (Å²) >= 11 is 0. The van der Waals surface area contributed by atoms with Crippen LogP contribution < -0.4 is 14.4 Å². The van der Waals surface area contributed by atoms with Crippen LogP contribution in [0, 0.1) is 0 Å². The fraction of sp³-hybridized carbons (Fsp3) is 0.296. The number of nitrogens with zero attached hydrogens (tertiary/aromatic N) is 1. The quantitative estimate of drug-likeness (QED) is 0.534. The second kappa shape index (κ2) is 8.80. The highest BCUT2D eigenvalue weighted by Crippen LogP contribution is 2.37. The fourth-order valence-electron chi connectivity index (χ4n) is 4.28. The van der Waals surface area contributed by atoms with Crippen molar-refractivity contribution in [3.63, 3.8) is 0 Å². The van der Waals surface area contributed by atoms with Crippen LogP contribution >= 0.6 is 0 Å². The molecule has 4 rings (SSSR count). The number of para-hydroxylation sites is 1. The molecule has 0 saturated heterocycles. The van der Waals surface area contributed by atoms with Crippen LogP contribution in [-0.4, -0.2) is 27.5 Å². The zero-order valence-corrected chi connectivity index (χ0v) is 20.9. The standard InChI is InChI=1S/C27H30N2O4S/c1-18-15-19-9-6-7-12-24(19)29(18)34(31,32)22-11-8-10-20(16-22)26(30)28-23-17-21(27(2,3)4)13-14-25(23)33-5/h6-14,16-18H,15H2,1-5H3,(H,28,30)/t18-/m0/s1. The van der Waals surface area contributed by atoms with E-state index in [9.17, 15) is 13.2 Å². The Balaban J connectivity index is 1.66. The maximum atomic E-state index is 13.6. The summed E-state index contributed by atoms with van der Waals surface area (Å²) in [6.07, 6.45) is 0.652. The number of hydrogen-bond acceptors (Lipinski definition) is 4. The minimum absolute atomic E-state index is 0.0825. The summed E-state index contributed by atoms with van der Waals surface area (Å²) in [5.41, 5.74) is 3.41. The summed E-state index contributed by atoms with van der Waals surface area (Å²) in [6, 6.07) is 19.2. The van der Waals surface area contributed by atoms with Crippen molar-refractivity contribution in [2.24, 2.45) is 0 Å². The molecular weight excluding hydrogens is 448 g/mol. The number of sulfonamides is 1. The molecule has 0 saturated carbocycles. The van der Waals surface area contributed by atoms with Gasteiger partial charge >= 0.3 is 0 Å². The van der Waals surface area contributed by atoms with Gasteiger partial charge in [0.1, 0.15) is 5.75 Å². The average Bonchev–Trinajstić information content (AvgIpc) is 3.15. The molecule has 0 aromatic heterocycles. The molecule has 1 heterocycles. The van der Waals surface area contributed by atoms with Gasteiger partial charge in [0.25, 0.3) is 15.9 Å². The Labute approximate surface area is 201 Å². The summed E-state index contributed by atoms with van der Waals surface area (Å²) in [5, 5.41) is 2.89. The van der Waals surface area contributed by atoms with Crippen molar-refractivity contribution in [2.45, 2.75) is 50.5 Å². The number of amides is 1. The van der Waals surface area contributed by atoms with Crippen LogP contribution in [0.4, 0.5) is 11.4 Å². The number of nitrogens with one attached hydrogen (secondary N) is 1. The van der Waals surface area contributed by atoms with Crippen molar-refractivity contribution in [1.82, 2.24) is 0 Å². The van der Waals surface area contributed by atoms with Crippen LogP contribution in [-0.2, 0) is 21.9 Å². The first-order valence-corrected chi connectivity index (χ1v) is 12.7. The van der Waals surface area contributed by atoms with Crippen molar-refractivity contribution in [2.75, 3.05) is 16.7 Å². The second-order valence-corrected chi connectivity index (χ2v) is 11.4. The molecule has 0 radical (unpaired) electrons. The Morgan fingerprint density at radius 3 is 2.47 bits per heavy atom. The van der Waals surface area contributed by atoms with Gasteiger partial charge in [0.15, 0.2) is 0 Å². The maximum Gasteiger partial charge on any atom is 0.264 e. The molecular formula is C27H30N2O4S. The number of methoxy groups -OCH3 is 1. The first-order valence-electron chi connectivity index (χ1n) is 11.2. The molecule has 3 aromatic carbocycles. The van der Waals surface area contributed by atoms with Gasteiger partial charge in [-0.05, 0) is 66.3 Å². The van der Waals surface area contributed by atoms with Gasteiger partial charge in [0.05, 0.1) is 23.4 Å². The highest BCUT2D eigenvalue weighted by atomic mass is 32.2. The third-order valence-corrected chi connectivity index (χ3v) is 8.04. The Hall–Kier alpha value is -3.32. The van der Waals surface area contributed by atoms with E-state index in [4.69, 9.17) is 4.74 Å².